The molecule has 8 heterocycles. The topological polar surface area (TPSA) is 102 Å². The molecule has 0 aliphatic carbocycles. The number of amides is 2. The molecular weight excluding hydrogens is 904 g/mol. The summed E-state index contributed by atoms with van der Waals surface area (Å²) < 4.78 is 5.32. The third-order valence-corrected chi connectivity index (χ3v) is 16.7. The van der Waals surface area contributed by atoms with E-state index in [1.165, 1.54) is 23.5 Å². The highest BCUT2D eigenvalue weighted by Gasteiger charge is 2.39. The van der Waals surface area contributed by atoms with Gasteiger partial charge in [-0.1, -0.05) is 97.0 Å². The van der Waals surface area contributed by atoms with Crippen molar-refractivity contribution < 1.29 is 9.59 Å². The van der Waals surface area contributed by atoms with Crippen LogP contribution in [0.3, 0.4) is 0 Å². The van der Waals surface area contributed by atoms with Gasteiger partial charge in [-0.3, -0.25) is 23.9 Å². The zero-order chi connectivity index (χ0) is 45.6. The van der Waals surface area contributed by atoms with E-state index in [0.717, 1.165) is 86.5 Å². The molecule has 10 rings (SSSR count). The third-order valence-electron chi connectivity index (χ3n) is 12.6. The minimum absolute atomic E-state index is 0.0687. The molecule has 7 aromatic rings. The highest BCUT2D eigenvalue weighted by atomic mass is 35.5. The Morgan fingerprint density at radius 1 is 0.727 bits per heavy atom. The van der Waals surface area contributed by atoms with E-state index >= 15 is 0 Å². The third kappa shape index (κ3) is 8.27. The fraction of sp³-hybridized carbons (Fsp3) is 0.192. The van der Waals surface area contributed by atoms with Crippen LogP contribution in [-0.4, -0.2) is 70.8 Å². The van der Waals surface area contributed by atoms with E-state index in [1.807, 2.05) is 87.6 Å². The zero-order valence-electron chi connectivity index (χ0n) is 36.4. The molecule has 0 radical (unpaired) electrons. The van der Waals surface area contributed by atoms with Crippen molar-refractivity contribution in [1.29, 1.82) is 0 Å². The number of nitrogens with zero attached hydrogens (tertiary/aromatic N) is 8. The molecule has 14 heteroatoms. The monoisotopic (exact) mass is 948 g/mol. The summed E-state index contributed by atoms with van der Waals surface area (Å²) in [4.78, 5) is 42.1. The minimum atomic E-state index is -1.22. The molecule has 3 atom stereocenters. The van der Waals surface area contributed by atoms with Gasteiger partial charge < -0.3 is 9.80 Å². The second-order valence-electron chi connectivity index (χ2n) is 16.7. The molecule has 2 aromatic carbocycles. The van der Waals surface area contributed by atoms with Crippen molar-refractivity contribution in [2.75, 3.05) is 19.6 Å². The number of aryl methyl sites for hydroxylation is 2. The molecule has 0 saturated heterocycles. The summed E-state index contributed by atoms with van der Waals surface area (Å²) in [5.74, 6) is -0.438. The van der Waals surface area contributed by atoms with Gasteiger partial charge in [0.25, 0.3) is 0 Å². The van der Waals surface area contributed by atoms with E-state index in [1.54, 1.807) is 6.20 Å². The van der Waals surface area contributed by atoms with E-state index in [0.29, 0.717) is 43.6 Å². The van der Waals surface area contributed by atoms with E-state index in [4.69, 9.17) is 38.4 Å². The lowest BCUT2D eigenvalue weighted by Crippen LogP contribution is -2.39. The molecule has 3 aliphatic rings. The van der Waals surface area contributed by atoms with Gasteiger partial charge in [-0.15, -0.1) is 22.2 Å². The SMILES string of the molecule is C=CC(=O)N1Cc2sc(Cl)cc2[C@@H](c2ccccc2-c2cn(Cc3cccc([SH]4C(Cl)=CC5=C4CN(C(=O)C=C)C[C@H]5c4ccccc4-c4cn(Cc5ccccn5)nc4C)n3)nc2C)C1. The van der Waals surface area contributed by atoms with Gasteiger partial charge in [0.2, 0.25) is 11.8 Å². The average Bonchev–Trinajstić information content (AvgIpc) is 4.10. The molecule has 0 N–H and O–H groups in total. The first-order valence-corrected chi connectivity index (χ1v) is 24.6. The molecular formula is C52H46Cl2N8O2S2. The maximum atomic E-state index is 13.5. The first-order chi connectivity index (χ1) is 32.1. The van der Waals surface area contributed by atoms with E-state index in [2.05, 4.69) is 73.0 Å². The quantitative estimate of drug-likeness (QED) is 0.102. The number of rotatable bonds is 11. The van der Waals surface area contributed by atoms with Gasteiger partial charge in [-0.25, -0.2) is 4.98 Å². The van der Waals surface area contributed by atoms with Gasteiger partial charge in [0, 0.05) is 59.5 Å². The lowest BCUT2D eigenvalue weighted by molar-refractivity contribution is -0.127. The van der Waals surface area contributed by atoms with Crippen molar-refractivity contribution in [1.82, 2.24) is 39.3 Å². The van der Waals surface area contributed by atoms with Crippen LogP contribution in [0.15, 0.2) is 161 Å². The summed E-state index contributed by atoms with van der Waals surface area (Å²) in [5, 5.41) is 10.8. The van der Waals surface area contributed by atoms with Crippen molar-refractivity contribution >= 4 is 57.2 Å². The van der Waals surface area contributed by atoms with Crippen LogP contribution in [0, 0.1) is 13.8 Å². The van der Waals surface area contributed by atoms with Gasteiger partial charge >= 0.3 is 0 Å². The Kier molecular flexibility index (Phi) is 12.0. The largest absolute Gasteiger partial charge is 0.333 e. The van der Waals surface area contributed by atoms with E-state index < -0.39 is 10.9 Å². The standard InChI is InChI=1S/C52H46Cl2N8O2S2/c1-5-51(63)59-26-44(40-22-48(53)65-46(40)30-59)38-18-9-7-16-36(38)43-29-62(58-33(43)4)25-35-15-13-20-50(56-35)66-47-31-60(52(64)6-2)27-45(41(47)23-49(66)54)39-19-10-8-17-37(39)42-28-61(57-32(42)3)24-34-14-11-12-21-55-34/h5-23,28-29,44-45,66H,1-2,24-27,30-31H2,3-4H3/t44-,45+/m1/s1. The first-order valence-electron chi connectivity index (χ1n) is 21.7. The van der Waals surface area contributed by atoms with Crippen molar-refractivity contribution in [2.45, 2.75) is 50.3 Å². The fourth-order valence-corrected chi connectivity index (χ4v) is 14.0. The molecule has 10 nitrogen and oxygen atoms in total. The summed E-state index contributed by atoms with van der Waals surface area (Å²) in [6, 6.07) is 30.8. The molecule has 5 aromatic heterocycles. The minimum Gasteiger partial charge on any atom is -0.333 e. The fourth-order valence-electron chi connectivity index (χ4n) is 9.64. The summed E-state index contributed by atoms with van der Waals surface area (Å²) in [5.41, 5.74) is 12.2. The molecule has 332 valence electrons. The van der Waals surface area contributed by atoms with Gasteiger partial charge in [0.15, 0.2) is 0 Å². The average molecular weight is 950 g/mol. The molecule has 2 amide bonds. The Labute approximate surface area is 400 Å². The number of benzene rings is 2. The number of thiophene rings is 1. The van der Waals surface area contributed by atoms with Crippen LogP contribution in [0.5, 0.6) is 0 Å². The van der Waals surface area contributed by atoms with Gasteiger partial charge in [-0.05, 0) is 101 Å². The number of carbonyl (C=O) groups excluding carboxylic acids is 2. The summed E-state index contributed by atoms with van der Waals surface area (Å²) in [7, 11) is -1.22. The maximum Gasteiger partial charge on any atom is 0.246 e. The Morgan fingerprint density at radius 3 is 1.97 bits per heavy atom. The Hall–Kier alpha value is -6.31. The second-order valence-corrected chi connectivity index (χ2v) is 21.3. The predicted molar refractivity (Wildman–Crippen MR) is 266 cm³/mol. The number of allylic oxidation sites excluding steroid dienone is 1. The molecule has 3 aliphatic heterocycles. The molecule has 0 saturated carbocycles. The van der Waals surface area contributed by atoms with E-state index in [-0.39, 0.29) is 23.7 Å². The van der Waals surface area contributed by atoms with Crippen LogP contribution in [-0.2, 0) is 29.2 Å². The lowest BCUT2D eigenvalue weighted by atomic mass is 9.83. The van der Waals surface area contributed by atoms with Crippen LogP contribution in [0.2, 0.25) is 4.34 Å². The van der Waals surface area contributed by atoms with E-state index in [9.17, 15) is 9.59 Å². The van der Waals surface area contributed by atoms with Crippen LogP contribution >= 0.6 is 45.4 Å². The molecule has 0 bridgehead atoms. The Morgan fingerprint density at radius 2 is 1.32 bits per heavy atom. The van der Waals surface area contributed by atoms with Crippen molar-refractivity contribution in [2.24, 2.45) is 0 Å². The number of fused-ring (bicyclic) bond motifs is 1. The smallest absolute Gasteiger partial charge is 0.246 e. The number of thiol groups is 1. The Balaban J connectivity index is 0.956. The maximum absolute atomic E-state index is 13.5. The summed E-state index contributed by atoms with van der Waals surface area (Å²) >= 11 is 15.4. The van der Waals surface area contributed by atoms with Gasteiger partial charge in [0.1, 0.15) is 0 Å². The molecule has 66 heavy (non-hydrogen) atoms. The first kappa shape index (κ1) is 43.6. The van der Waals surface area contributed by atoms with Crippen molar-refractivity contribution in [3.8, 4) is 22.3 Å². The molecule has 1 unspecified atom stereocenters. The Bertz CT molecular complexity index is 3130. The van der Waals surface area contributed by atoms with Crippen LogP contribution in [0.1, 0.15) is 56.2 Å². The number of pyridine rings is 2. The van der Waals surface area contributed by atoms with Crippen molar-refractivity contribution in [3.05, 3.63) is 204 Å². The van der Waals surface area contributed by atoms with Gasteiger partial charge in [-0.2, -0.15) is 10.2 Å². The number of halogens is 2. The summed E-state index contributed by atoms with van der Waals surface area (Å²) in [6.07, 6.45) is 10.9. The van der Waals surface area contributed by atoms with Crippen LogP contribution in [0.25, 0.3) is 22.3 Å². The second kappa shape index (κ2) is 18.2. The normalized spacial score (nSPS) is 18.5. The lowest BCUT2D eigenvalue weighted by Gasteiger charge is -2.36. The highest BCUT2D eigenvalue weighted by molar-refractivity contribution is 8.25. The van der Waals surface area contributed by atoms with Crippen LogP contribution in [0.4, 0.5) is 0 Å². The highest BCUT2D eigenvalue weighted by Crippen LogP contribution is 2.61. The van der Waals surface area contributed by atoms with Gasteiger partial charge in [0.05, 0.1) is 62.7 Å². The number of aromatic nitrogens is 6. The molecule has 0 spiro atoms. The van der Waals surface area contributed by atoms with Crippen LogP contribution < -0.4 is 0 Å². The zero-order valence-corrected chi connectivity index (χ0v) is 39.7. The summed E-state index contributed by atoms with van der Waals surface area (Å²) in [6.45, 7) is 14.6. The number of hydrogen-bond acceptors (Lipinski definition) is 7. The number of carbonyl (C=O) groups is 2. The predicted octanol–water partition coefficient (Wildman–Crippen LogP) is 10.8. The van der Waals surface area contributed by atoms with Crippen molar-refractivity contribution in [3.63, 3.8) is 0 Å². The number of hydrogen-bond donors (Lipinski definition) is 1. The molecule has 0 fully saturated rings.